The number of nitrogens with zero attached hydrogens (tertiary/aromatic N) is 3. The Morgan fingerprint density at radius 3 is 3.04 bits per heavy atom. The van der Waals surface area contributed by atoms with Crippen LogP contribution in [0.2, 0.25) is 0 Å². The molecule has 0 radical (unpaired) electrons. The molecule has 1 aliphatic rings. The largest absolute Gasteiger partial charge is 0.356 e. The van der Waals surface area contributed by atoms with E-state index < -0.39 is 0 Å². The summed E-state index contributed by atoms with van der Waals surface area (Å²) in [5.41, 5.74) is 1.03. The van der Waals surface area contributed by atoms with Crippen LogP contribution < -0.4 is 10.2 Å². The molecule has 6 nitrogen and oxygen atoms in total. The maximum atomic E-state index is 12.3. The van der Waals surface area contributed by atoms with E-state index in [2.05, 4.69) is 21.4 Å². The fourth-order valence-electron chi connectivity index (χ4n) is 3.04. The van der Waals surface area contributed by atoms with Gasteiger partial charge in [0.1, 0.15) is 0 Å². The van der Waals surface area contributed by atoms with E-state index >= 15 is 0 Å². The van der Waals surface area contributed by atoms with E-state index in [0.717, 1.165) is 23.4 Å². The van der Waals surface area contributed by atoms with Gasteiger partial charge in [0.2, 0.25) is 11.8 Å². The van der Waals surface area contributed by atoms with Gasteiger partial charge in [-0.3, -0.25) is 14.5 Å². The van der Waals surface area contributed by atoms with Crippen LogP contribution in [0.3, 0.4) is 0 Å². The number of rotatable bonds is 6. The molecule has 3 aromatic rings. The SMILES string of the molecule is O=C(NCCCc1nc2ccccc2s1)C1CC(=O)N(c2nccs2)C1. The summed E-state index contributed by atoms with van der Waals surface area (Å²) in [5, 5.41) is 6.55. The lowest BCUT2D eigenvalue weighted by molar-refractivity contribution is -0.126. The molecule has 2 amide bonds. The van der Waals surface area contributed by atoms with Crippen molar-refractivity contribution in [3.05, 3.63) is 40.8 Å². The lowest BCUT2D eigenvalue weighted by Gasteiger charge is -2.13. The number of aromatic nitrogens is 2. The van der Waals surface area contributed by atoms with Crippen LogP contribution in [0.15, 0.2) is 35.8 Å². The summed E-state index contributed by atoms with van der Waals surface area (Å²) >= 11 is 3.11. The monoisotopic (exact) mass is 386 g/mol. The molecule has 4 rings (SSSR count). The minimum atomic E-state index is -0.297. The molecule has 134 valence electrons. The number of thiazole rings is 2. The highest BCUT2D eigenvalue weighted by molar-refractivity contribution is 7.18. The molecule has 2 aromatic heterocycles. The van der Waals surface area contributed by atoms with Gasteiger partial charge < -0.3 is 5.32 Å². The fourth-order valence-corrected chi connectivity index (χ4v) is 4.72. The zero-order chi connectivity index (χ0) is 17.9. The average molecular weight is 387 g/mol. The Balaban J connectivity index is 1.25. The molecular formula is C18H18N4O2S2. The van der Waals surface area contributed by atoms with Crippen molar-refractivity contribution in [3.63, 3.8) is 0 Å². The maximum absolute atomic E-state index is 12.3. The molecular weight excluding hydrogens is 368 g/mol. The average Bonchev–Trinajstić information content (AvgIpc) is 3.37. The van der Waals surface area contributed by atoms with Crippen molar-refractivity contribution in [1.29, 1.82) is 0 Å². The molecule has 1 aromatic carbocycles. The number of nitrogens with one attached hydrogen (secondary N) is 1. The van der Waals surface area contributed by atoms with Crippen molar-refractivity contribution < 1.29 is 9.59 Å². The molecule has 26 heavy (non-hydrogen) atoms. The number of carbonyl (C=O) groups is 2. The lowest BCUT2D eigenvalue weighted by atomic mass is 10.1. The Morgan fingerprint density at radius 2 is 2.23 bits per heavy atom. The van der Waals surface area contributed by atoms with Gasteiger partial charge in [-0.05, 0) is 18.6 Å². The maximum Gasteiger partial charge on any atom is 0.229 e. The van der Waals surface area contributed by atoms with Gasteiger partial charge in [0, 0.05) is 37.5 Å². The molecule has 0 aliphatic carbocycles. The second-order valence-electron chi connectivity index (χ2n) is 6.19. The zero-order valence-corrected chi connectivity index (χ0v) is 15.7. The van der Waals surface area contributed by atoms with Gasteiger partial charge in [0.15, 0.2) is 5.13 Å². The van der Waals surface area contributed by atoms with E-state index in [1.807, 2.05) is 23.6 Å². The summed E-state index contributed by atoms with van der Waals surface area (Å²) in [7, 11) is 0. The number of amides is 2. The van der Waals surface area contributed by atoms with Crippen molar-refractivity contribution >= 4 is 49.8 Å². The van der Waals surface area contributed by atoms with Gasteiger partial charge in [-0.15, -0.1) is 22.7 Å². The van der Waals surface area contributed by atoms with Crippen LogP contribution in [-0.2, 0) is 16.0 Å². The van der Waals surface area contributed by atoms with Crippen molar-refractivity contribution in [2.75, 3.05) is 18.0 Å². The minimum absolute atomic E-state index is 0.0328. The van der Waals surface area contributed by atoms with Crippen LogP contribution in [-0.4, -0.2) is 34.9 Å². The second kappa shape index (κ2) is 7.51. The first-order valence-electron chi connectivity index (χ1n) is 8.53. The summed E-state index contributed by atoms with van der Waals surface area (Å²) in [4.78, 5) is 34.8. The van der Waals surface area contributed by atoms with Crippen molar-refractivity contribution in [2.24, 2.45) is 5.92 Å². The van der Waals surface area contributed by atoms with E-state index in [-0.39, 0.29) is 24.2 Å². The van der Waals surface area contributed by atoms with Gasteiger partial charge in [-0.1, -0.05) is 12.1 Å². The predicted octanol–water partition coefficient (Wildman–Crippen LogP) is 2.85. The summed E-state index contributed by atoms with van der Waals surface area (Å²) < 4.78 is 1.19. The summed E-state index contributed by atoms with van der Waals surface area (Å²) in [6.45, 7) is 1.01. The molecule has 1 atom stereocenters. The Bertz CT molecular complexity index is 889. The van der Waals surface area contributed by atoms with Crippen molar-refractivity contribution in [2.45, 2.75) is 19.3 Å². The number of fused-ring (bicyclic) bond motifs is 1. The Kier molecular flexibility index (Phi) is 4.94. The number of para-hydroxylation sites is 1. The summed E-state index contributed by atoms with van der Waals surface area (Å²) in [6, 6.07) is 8.10. The molecule has 1 saturated heterocycles. The number of hydrogen-bond donors (Lipinski definition) is 1. The lowest BCUT2D eigenvalue weighted by Crippen LogP contribution is -2.33. The number of carbonyl (C=O) groups excluding carboxylic acids is 2. The molecule has 1 unspecified atom stereocenters. The molecule has 8 heteroatoms. The zero-order valence-electron chi connectivity index (χ0n) is 14.1. The second-order valence-corrected chi connectivity index (χ2v) is 8.18. The summed E-state index contributed by atoms with van der Waals surface area (Å²) in [5.74, 6) is -0.384. The molecule has 0 bridgehead atoms. The first-order chi connectivity index (χ1) is 12.7. The number of aryl methyl sites for hydroxylation is 1. The molecule has 0 saturated carbocycles. The summed E-state index contributed by atoms with van der Waals surface area (Å²) in [6.07, 6.45) is 3.60. The number of anilines is 1. The third-order valence-corrected chi connectivity index (χ3v) is 6.24. The topological polar surface area (TPSA) is 75.2 Å². The van der Waals surface area contributed by atoms with E-state index in [0.29, 0.717) is 18.2 Å². The third-order valence-electron chi connectivity index (χ3n) is 4.35. The van der Waals surface area contributed by atoms with Crippen LogP contribution in [0.5, 0.6) is 0 Å². The molecule has 0 spiro atoms. The normalized spacial score (nSPS) is 17.2. The molecule has 3 heterocycles. The van der Waals surface area contributed by atoms with Crippen LogP contribution in [0.1, 0.15) is 17.8 Å². The molecule has 1 N–H and O–H groups in total. The van der Waals surface area contributed by atoms with E-state index in [1.165, 1.54) is 16.0 Å². The van der Waals surface area contributed by atoms with E-state index in [1.54, 1.807) is 22.4 Å². The Hall–Kier alpha value is -2.32. The van der Waals surface area contributed by atoms with Crippen LogP contribution >= 0.6 is 22.7 Å². The highest BCUT2D eigenvalue weighted by atomic mass is 32.1. The van der Waals surface area contributed by atoms with Crippen LogP contribution in [0.25, 0.3) is 10.2 Å². The number of benzene rings is 1. The van der Waals surface area contributed by atoms with Gasteiger partial charge in [0.05, 0.1) is 21.1 Å². The van der Waals surface area contributed by atoms with Gasteiger partial charge in [-0.2, -0.15) is 0 Å². The van der Waals surface area contributed by atoms with Crippen molar-refractivity contribution in [3.8, 4) is 0 Å². The third kappa shape index (κ3) is 3.61. The smallest absolute Gasteiger partial charge is 0.229 e. The van der Waals surface area contributed by atoms with Gasteiger partial charge >= 0.3 is 0 Å². The van der Waals surface area contributed by atoms with E-state index in [4.69, 9.17) is 0 Å². The Morgan fingerprint density at radius 1 is 1.35 bits per heavy atom. The highest BCUT2D eigenvalue weighted by Crippen LogP contribution is 2.26. The van der Waals surface area contributed by atoms with Crippen LogP contribution in [0, 0.1) is 5.92 Å². The first-order valence-corrected chi connectivity index (χ1v) is 10.2. The molecule has 1 aliphatic heterocycles. The quantitative estimate of drug-likeness (QED) is 0.661. The van der Waals surface area contributed by atoms with E-state index in [9.17, 15) is 9.59 Å². The van der Waals surface area contributed by atoms with Gasteiger partial charge in [-0.25, -0.2) is 9.97 Å². The first kappa shape index (κ1) is 17.1. The van der Waals surface area contributed by atoms with Crippen molar-refractivity contribution in [1.82, 2.24) is 15.3 Å². The molecule has 1 fully saturated rings. The van der Waals surface area contributed by atoms with Crippen LogP contribution in [0.4, 0.5) is 5.13 Å². The Labute approximate surface area is 158 Å². The standard InChI is InChI=1S/C18H18N4O2S2/c23-16-10-12(11-22(16)18-20-8-9-25-18)17(24)19-7-3-6-15-21-13-4-1-2-5-14(13)26-15/h1-2,4-5,8-9,12H,3,6-7,10-11H2,(H,19,24). The minimum Gasteiger partial charge on any atom is -0.356 e. The fraction of sp³-hybridized carbons (Fsp3) is 0.333. The van der Waals surface area contributed by atoms with Gasteiger partial charge in [0.25, 0.3) is 0 Å². The predicted molar refractivity (Wildman–Crippen MR) is 104 cm³/mol. The number of hydrogen-bond acceptors (Lipinski definition) is 6. The highest BCUT2D eigenvalue weighted by Gasteiger charge is 2.35.